The van der Waals surface area contributed by atoms with E-state index in [0.717, 1.165) is 41.5 Å². The fourth-order valence-electron chi connectivity index (χ4n) is 4.25. The van der Waals surface area contributed by atoms with Crippen LogP contribution in [0.4, 0.5) is 10.5 Å². The predicted octanol–water partition coefficient (Wildman–Crippen LogP) is 5.49. The fraction of sp³-hybridized carbons (Fsp3) is 0.217. The third kappa shape index (κ3) is 3.75. The van der Waals surface area contributed by atoms with E-state index >= 15 is 0 Å². The Hall–Kier alpha value is -3.27. The molecule has 1 fully saturated rings. The number of carboxylic acid groups (broad SMARTS) is 1. The van der Waals surface area contributed by atoms with Crippen LogP contribution in [-0.2, 0) is 5.54 Å². The minimum absolute atomic E-state index is 0.264. The molecule has 2 aliphatic rings. The zero-order valence-corrected chi connectivity index (χ0v) is 17.9. The molecule has 1 saturated carbocycles. The first-order chi connectivity index (χ1) is 15.4. The van der Waals surface area contributed by atoms with Gasteiger partial charge in [-0.2, -0.15) is 0 Å². The van der Waals surface area contributed by atoms with E-state index in [0.29, 0.717) is 17.3 Å². The Morgan fingerprint density at radius 2 is 1.78 bits per heavy atom. The SMILES string of the molecule is O=C(O)NC1(c2ccc(-c3nc4c(cc3-c3ccccc3)NS(O)(O)CO4)cc2)CCC1. The minimum atomic E-state index is -3.07. The normalized spacial score (nSPS) is 18.8. The maximum Gasteiger partial charge on any atom is 0.405 e. The molecule has 166 valence electrons. The van der Waals surface area contributed by atoms with Gasteiger partial charge in [0.05, 0.1) is 11.2 Å². The first kappa shape index (κ1) is 20.6. The predicted molar refractivity (Wildman–Crippen MR) is 124 cm³/mol. The Morgan fingerprint density at radius 3 is 2.41 bits per heavy atom. The highest BCUT2D eigenvalue weighted by Crippen LogP contribution is 2.48. The van der Waals surface area contributed by atoms with Crippen LogP contribution in [0.25, 0.3) is 22.4 Å². The van der Waals surface area contributed by atoms with Crippen LogP contribution in [0.5, 0.6) is 5.88 Å². The average Bonchev–Trinajstić information content (AvgIpc) is 2.75. The molecule has 0 bridgehead atoms. The van der Waals surface area contributed by atoms with Crippen molar-refractivity contribution in [3.63, 3.8) is 0 Å². The van der Waals surface area contributed by atoms with E-state index in [2.05, 4.69) is 10.0 Å². The van der Waals surface area contributed by atoms with Gasteiger partial charge in [-0.05, 0) is 36.5 Å². The Morgan fingerprint density at radius 1 is 1.06 bits per heavy atom. The molecule has 1 amide bonds. The minimum Gasteiger partial charge on any atom is -0.465 e. The number of carbonyl (C=O) groups is 1. The Bertz CT molecular complexity index is 1160. The topological polar surface area (TPSA) is 124 Å². The van der Waals surface area contributed by atoms with Crippen molar-refractivity contribution >= 4 is 22.6 Å². The number of nitrogens with one attached hydrogen (secondary N) is 2. The van der Waals surface area contributed by atoms with Crippen LogP contribution in [0.3, 0.4) is 0 Å². The number of pyridine rings is 1. The monoisotopic (exact) mass is 453 g/mol. The van der Waals surface area contributed by atoms with Crippen LogP contribution >= 0.6 is 10.8 Å². The molecule has 0 spiro atoms. The smallest absolute Gasteiger partial charge is 0.405 e. The number of ether oxygens (including phenoxy) is 1. The quantitative estimate of drug-likeness (QED) is 0.354. The third-order valence-corrected chi connectivity index (χ3v) is 6.96. The molecule has 5 N–H and O–H groups in total. The molecule has 2 heterocycles. The number of benzene rings is 2. The van der Waals surface area contributed by atoms with Gasteiger partial charge in [0.1, 0.15) is 5.69 Å². The van der Waals surface area contributed by atoms with Gasteiger partial charge in [0.2, 0.25) is 5.88 Å². The Labute approximate surface area is 186 Å². The number of amides is 1. The Kier molecular flexibility index (Phi) is 4.96. The lowest BCUT2D eigenvalue weighted by Crippen LogP contribution is -2.50. The summed E-state index contributed by atoms with van der Waals surface area (Å²) in [7, 11) is -3.07. The van der Waals surface area contributed by atoms with Gasteiger partial charge in [0, 0.05) is 11.1 Å². The molecular weight excluding hydrogens is 430 g/mol. The van der Waals surface area contributed by atoms with Crippen molar-refractivity contribution in [1.29, 1.82) is 0 Å². The van der Waals surface area contributed by atoms with Gasteiger partial charge < -0.3 is 15.2 Å². The van der Waals surface area contributed by atoms with E-state index in [9.17, 15) is 19.0 Å². The lowest BCUT2D eigenvalue weighted by Gasteiger charge is -2.42. The number of nitrogens with zero attached hydrogens (tertiary/aromatic N) is 1. The molecule has 0 saturated heterocycles. The molecule has 2 aromatic carbocycles. The molecule has 1 aliphatic heterocycles. The third-order valence-electron chi connectivity index (χ3n) is 5.97. The molecule has 3 aromatic rings. The largest absolute Gasteiger partial charge is 0.465 e. The molecule has 0 atom stereocenters. The lowest BCUT2D eigenvalue weighted by atomic mass is 9.71. The van der Waals surface area contributed by atoms with Crippen LogP contribution in [-0.4, -0.2) is 31.2 Å². The van der Waals surface area contributed by atoms with E-state index in [1.807, 2.05) is 60.7 Å². The van der Waals surface area contributed by atoms with Crippen molar-refractivity contribution in [2.75, 3.05) is 10.7 Å². The molecule has 1 aromatic heterocycles. The molecule has 0 unspecified atom stereocenters. The summed E-state index contributed by atoms with van der Waals surface area (Å²) in [6, 6.07) is 19.3. The molecule has 8 nitrogen and oxygen atoms in total. The van der Waals surface area contributed by atoms with Gasteiger partial charge in [0.15, 0.2) is 5.94 Å². The van der Waals surface area contributed by atoms with Crippen molar-refractivity contribution in [1.82, 2.24) is 10.3 Å². The summed E-state index contributed by atoms with van der Waals surface area (Å²) >= 11 is 0. The van der Waals surface area contributed by atoms with Crippen LogP contribution < -0.4 is 14.8 Å². The van der Waals surface area contributed by atoms with Gasteiger partial charge >= 0.3 is 6.09 Å². The molecule has 32 heavy (non-hydrogen) atoms. The zero-order valence-electron chi connectivity index (χ0n) is 17.1. The molecule has 1 aliphatic carbocycles. The summed E-state index contributed by atoms with van der Waals surface area (Å²) in [6.45, 7) is 0. The second-order valence-corrected chi connectivity index (χ2v) is 9.85. The number of fused-ring (bicyclic) bond motifs is 1. The van der Waals surface area contributed by atoms with Crippen LogP contribution in [0.15, 0.2) is 60.7 Å². The first-order valence-corrected chi connectivity index (χ1v) is 12.0. The van der Waals surface area contributed by atoms with E-state index < -0.39 is 22.4 Å². The summed E-state index contributed by atoms with van der Waals surface area (Å²) in [6.07, 6.45) is 1.51. The van der Waals surface area contributed by atoms with Gasteiger partial charge in [-0.3, -0.25) is 13.8 Å². The van der Waals surface area contributed by atoms with Gasteiger partial charge in [-0.15, -0.1) is 0 Å². The van der Waals surface area contributed by atoms with Crippen molar-refractivity contribution in [3.05, 3.63) is 66.2 Å². The summed E-state index contributed by atoms with van der Waals surface area (Å²) in [5.41, 5.74) is 4.10. The van der Waals surface area contributed by atoms with Gasteiger partial charge in [-0.1, -0.05) is 65.4 Å². The number of hydrogen-bond donors (Lipinski definition) is 5. The van der Waals surface area contributed by atoms with E-state index in [4.69, 9.17) is 9.72 Å². The molecule has 5 rings (SSSR count). The molecular formula is C23H23N3O5S. The lowest BCUT2D eigenvalue weighted by molar-refractivity contribution is 0.144. The Balaban J connectivity index is 1.58. The standard InChI is InChI=1S/C23H23N3O5S/c27-22(28)25-23(11-4-12-23)17-9-7-16(8-10-17)20-18(15-5-2-1-3-6-15)13-19-21(24-20)31-14-32(29,30)26-19/h1-3,5-10,13,25-26,29-30H,4,11-12,14H2,(H,27,28). The second-order valence-electron chi connectivity index (χ2n) is 8.08. The van der Waals surface area contributed by atoms with Crippen molar-refractivity contribution in [3.8, 4) is 28.3 Å². The zero-order chi connectivity index (χ0) is 22.3. The highest BCUT2D eigenvalue weighted by Gasteiger charge is 2.40. The number of hydrogen-bond acceptors (Lipinski definition) is 6. The van der Waals surface area contributed by atoms with Gasteiger partial charge in [-0.25, -0.2) is 9.78 Å². The van der Waals surface area contributed by atoms with Crippen molar-refractivity contribution < 1.29 is 23.7 Å². The number of rotatable bonds is 4. The average molecular weight is 454 g/mol. The summed E-state index contributed by atoms with van der Waals surface area (Å²) < 4.78 is 28.2. The first-order valence-electron chi connectivity index (χ1n) is 10.2. The summed E-state index contributed by atoms with van der Waals surface area (Å²) in [5.74, 6) is 0.0392. The van der Waals surface area contributed by atoms with Crippen LogP contribution in [0.2, 0.25) is 0 Å². The van der Waals surface area contributed by atoms with E-state index in [1.54, 1.807) is 0 Å². The molecule has 9 heteroatoms. The van der Waals surface area contributed by atoms with E-state index in [1.165, 1.54) is 0 Å². The highest BCUT2D eigenvalue weighted by atomic mass is 32.3. The maximum absolute atomic E-state index is 11.3. The second kappa shape index (κ2) is 7.70. The van der Waals surface area contributed by atoms with Gasteiger partial charge in [0.25, 0.3) is 0 Å². The van der Waals surface area contributed by atoms with Crippen molar-refractivity contribution in [2.24, 2.45) is 0 Å². The number of aromatic nitrogens is 1. The van der Waals surface area contributed by atoms with Crippen LogP contribution in [0, 0.1) is 0 Å². The highest BCUT2D eigenvalue weighted by molar-refractivity contribution is 8.25. The van der Waals surface area contributed by atoms with Crippen molar-refractivity contribution in [2.45, 2.75) is 24.8 Å². The summed E-state index contributed by atoms with van der Waals surface area (Å²) in [5, 5.41) is 11.9. The molecule has 0 radical (unpaired) electrons. The van der Waals surface area contributed by atoms with Crippen LogP contribution in [0.1, 0.15) is 24.8 Å². The maximum atomic E-state index is 11.3. The fourth-order valence-corrected chi connectivity index (χ4v) is 5.08. The number of anilines is 1. The summed E-state index contributed by atoms with van der Waals surface area (Å²) in [4.78, 5) is 16.0. The van der Waals surface area contributed by atoms with E-state index in [-0.39, 0.29) is 5.94 Å².